The van der Waals surface area contributed by atoms with Crippen molar-refractivity contribution in [1.29, 1.82) is 0 Å². The number of carbonyl (C=O) groups is 5. The molecule has 0 spiro atoms. The zero-order valence-electron chi connectivity index (χ0n) is 22.9. The van der Waals surface area contributed by atoms with Crippen LogP contribution in [0.3, 0.4) is 0 Å². The molecule has 0 aliphatic carbocycles. The van der Waals surface area contributed by atoms with Crippen molar-refractivity contribution < 1.29 is 38.6 Å². The van der Waals surface area contributed by atoms with E-state index in [0.717, 1.165) is 5.56 Å². The highest BCUT2D eigenvalue weighted by Gasteiger charge is 2.28. The van der Waals surface area contributed by atoms with Gasteiger partial charge in [-0.1, -0.05) is 49.4 Å². The van der Waals surface area contributed by atoms with Crippen molar-refractivity contribution in [3.8, 4) is 5.75 Å². The average molecular weight is 557 g/mol. The number of carboxylic acids is 1. The van der Waals surface area contributed by atoms with E-state index in [2.05, 4.69) is 21.3 Å². The molecular formula is C28H36N4O8. The number of amides is 4. The lowest BCUT2D eigenvalue weighted by atomic mass is 10.0. The van der Waals surface area contributed by atoms with E-state index in [1.54, 1.807) is 43.3 Å². The molecule has 2 aromatic rings. The number of aliphatic carboxylic acids is 1. The first kappa shape index (κ1) is 31.6. The highest BCUT2D eigenvalue weighted by Crippen LogP contribution is 2.13. The maximum atomic E-state index is 12.9. The van der Waals surface area contributed by atoms with Gasteiger partial charge in [0.25, 0.3) is 0 Å². The van der Waals surface area contributed by atoms with Gasteiger partial charge in [0.15, 0.2) is 0 Å². The molecular weight excluding hydrogens is 520 g/mol. The highest BCUT2D eigenvalue weighted by atomic mass is 16.5. The fourth-order valence-electron chi connectivity index (χ4n) is 3.52. The molecule has 0 heterocycles. The zero-order valence-corrected chi connectivity index (χ0v) is 22.9. The van der Waals surface area contributed by atoms with Gasteiger partial charge in [0.2, 0.25) is 17.7 Å². The smallest absolute Gasteiger partial charge is 0.408 e. The summed E-state index contributed by atoms with van der Waals surface area (Å²) in [5, 5.41) is 19.1. The van der Waals surface area contributed by atoms with Gasteiger partial charge in [-0.05, 0) is 43.5 Å². The Hall–Kier alpha value is -4.61. The van der Waals surface area contributed by atoms with Crippen LogP contribution in [0.4, 0.5) is 4.79 Å². The van der Waals surface area contributed by atoms with Gasteiger partial charge >= 0.3 is 12.1 Å². The minimum absolute atomic E-state index is 0.0294. The van der Waals surface area contributed by atoms with E-state index >= 15 is 0 Å². The summed E-state index contributed by atoms with van der Waals surface area (Å²) in [6.07, 6.45) is -0.497. The normalized spacial score (nSPS) is 13.5. The van der Waals surface area contributed by atoms with Gasteiger partial charge in [-0.3, -0.25) is 19.2 Å². The second-order valence-electron chi connectivity index (χ2n) is 9.08. The third kappa shape index (κ3) is 10.3. The number of hydrogen-bond donors (Lipinski definition) is 5. The molecule has 0 aliphatic heterocycles. The predicted octanol–water partition coefficient (Wildman–Crippen LogP) is 1.52. The van der Waals surface area contributed by atoms with Crippen molar-refractivity contribution in [3.63, 3.8) is 0 Å². The molecule has 0 aliphatic rings. The number of carbonyl (C=O) groups excluding carboxylic acids is 4. The molecule has 2 aromatic carbocycles. The van der Waals surface area contributed by atoms with E-state index in [1.807, 2.05) is 18.2 Å². The molecule has 0 bridgehead atoms. The van der Waals surface area contributed by atoms with Crippen LogP contribution in [0.25, 0.3) is 0 Å². The fourth-order valence-corrected chi connectivity index (χ4v) is 3.52. The Morgan fingerprint density at radius 2 is 1.35 bits per heavy atom. The minimum Gasteiger partial charge on any atom is -0.497 e. The monoisotopic (exact) mass is 556 g/mol. The van der Waals surface area contributed by atoms with E-state index in [1.165, 1.54) is 21.0 Å². The molecule has 0 fully saturated rings. The summed E-state index contributed by atoms with van der Waals surface area (Å²) in [5.74, 6) is -2.62. The van der Waals surface area contributed by atoms with Gasteiger partial charge < -0.3 is 35.8 Å². The molecule has 4 atom stereocenters. The number of hydrogen-bond acceptors (Lipinski definition) is 7. The van der Waals surface area contributed by atoms with Crippen LogP contribution < -0.4 is 26.0 Å². The molecule has 0 saturated carbocycles. The first-order valence-corrected chi connectivity index (χ1v) is 12.8. The summed E-state index contributed by atoms with van der Waals surface area (Å²) in [7, 11) is 1.51. The number of benzene rings is 2. The topological polar surface area (TPSA) is 172 Å². The second kappa shape index (κ2) is 15.7. The number of ether oxygens (including phenoxy) is 2. The van der Waals surface area contributed by atoms with Crippen LogP contribution in [-0.2, 0) is 36.9 Å². The van der Waals surface area contributed by atoms with Gasteiger partial charge in [0, 0.05) is 6.42 Å². The number of rotatable bonds is 14. The van der Waals surface area contributed by atoms with Gasteiger partial charge in [-0.25, -0.2) is 4.79 Å². The van der Waals surface area contributed by atoms with Crippen molar-refractivity contribution in [3.05, 3.63) is 65.7 Å². The first-order valence-electron chi connectivity index (χ1n) is 12.8. The highest BCUT2D eigenvalue weighted by molar-refractivity contribution is 5.94. The number of alkyl carbamates (subject to hydrolysis) is 1. The number of carboxylic acid groups (broad SMARTS) is 1. The summed E-state index contributed by atoms with van der Waals surface area (Å²) in [5.41, 5.74) is 1.47. The van der Waals surface area contributed by atoms with Crippen LogP contribution in [0.15, 0.2) is 54.6 Å². The molecule has 0 unspecified atom stereocenters. The minimum atomic E-state index is -1.23. The third-order valence-corrected chi connectivity index (χ3v) is 5.94. The Bertz CT molecular complexity index is 1160. The van der Waals surface area contributed by atoms with Crippen molar-refractivity contribution >= 4 is 29.8 Å². The Morgan fingerprint density at radius 3 is 1.93 bits per heavy atom. The predicted molar refractivity (Wildman–Crippen MR) is 145 cm³/mol. The Kier molecular flexibility index (Phi) is 12.4. The zero-order chi connectivity index (χ0) is 29.7. The second-order valence-corrected chi connectivity index (χ2v) is 9.08. The first-order chi connectivity index (χ1) is 19.0. The van der Waals surface area contributed by atoms with Gasteiger partial charge in [0.1, 0.15) is 36.5 Å². The molecule has 216 valence electrons. The van der Waals surface area contributed by atoms with Crippen molar-refractivity contribution in [2.45, 2.75) is 64.4 Å². The largest absolute Gasteiger partial charge is 0.497 e. The van der Waals surface area contributed by atoms with Crippen LogP contribution in [0.1, 0.15) is 38.3 Å². The van der Waals surface area contributed by atoms with Crippen molar-refractivity contribution in [1.82, 2.24) is 21.3 Å². The van der Waals surface area contributed by atoms with E-state index in [-0.39, 0.29) is 19.4 Å². The van der Waals surface area contributed by atoms with Crippen molar-refractivity contribution in [2.24, 2.45) is 0 Å². The van der Waals surface area contributed by atoms with Crippen LogP contribution in [0.2, 0.25) is 0 Å². The maximum absolute atomic E-state index is 12.9. The maximum Gasteiger partial charge on any atom is 0.408 e. The number of methoxy groups -OCH3 is 1. The van der Waals surface area contributed by atoms with Gasteiger partial charge in [-0.15, -0.1) is 0 Å². The van der Waals surface area contributed by atoms with Gasteiger partial charge in [0.05, 0.1) is 7.11 Å². The quantitative estimate of drug-likeness (QED) is 0.233. The lowest BCUT2D eigenvalue weighted by Gasteiger charge is -2.24. The molecule has 0 aromatic heterocycles. The molecule has 0 radical (unpaired) electrons. The standard InChI is InChI=1S/C28H36N4O8/c1-5-22(32-28(38)40-16-20-9-7-6-8-10-20)25(34)29-17(2)24(33)31-23(26(35)30-18(3)27(36)37)15-19-11-13-21(39-4)14-12-19/h6-14,17-18,22-23H,5,15-16H2,1-4H3,(H,29,34)(H,30,35)(H,31,33)(H,32,38)(H,36,37)/t17-,18-,22+,23-/m0/s1. The van der Waals surface area contributed by atoms with E-state index in [4.69, 9.17) is 14.6 Å². The third-order valence-electron chi connectivity index (χ3n) is 5.94. The van der Waals surface area contributed by atoms with Crippen LogP contribution in [-0.4, -0.2) is 66.2 Å². The van der Waals surface area contributed by atoms with E-state index in [0.29, 0.717) is 11.3 Å². The SMILES string of the molecule is CC[C@@H](NC(=O)OCc1ccccc1)C(=O)N[C@@H](C)C(=O)N[C@@H](Cc1ccc(OC)cc1)C(=O)N[C@@H](C)C(=O)O. The van der Waals surface area contributed by atoms with Gasteiger partial charge in [-0.2, -0.15) is 0 Å². The molecule has 0 saturated heterocycles. The van der Waals surface area contributed by atoms with Crippen LogP contribution in [0.5, 0.6) is 5.75 Å². The Morgan fingerprint density at radius 1 is 0.750 bits per heavy atom. The molecule has 4 amide bonds. The molecule has 2 rings (SSSR count). The molecule has 5 N–H and O–H groups in total. The summed E-state index contributed by atoms with van der Waals surface area (Å²) in [4.78, 5) is 62.0. The Balaban J connectivity index is 2.00. The van der Waals surface area contributed by atoms with E-state index in [9.17, 15) is 24.0 Å². The lowest BCUT2D eigenvalue weighted by molar-refractivity contribution is -0.141. The average Bonchev–Trinajstić information content (AvgIpc) is 2.94. The van der Waals surface area contributed by atoms with Crippen LogP contribution >= 0.6 is 0 Å². The van der Waals surface area contributed by atoms with Crippen molar-refractivity contribution in [2.75, 3.05) is 7.11 Å². The summed E-state index contributed by atoms with van der Waals surface area (Å²) in [6, 6.07) is 11.5. The van der Waals surface area contributed by atoms with E-state index < -0.39 is 54.0 Å². The van der Waals surface area contributed by atoms with Crippen LogP contribution in [0, 0.1) is 0 Å². The molecule has 40 heavy (non-hydrogen) atoms. The summed E-state index contributed by atoms with van der Waals surface area (Å²) < 4.78 is 10.3. The molecule has 12 heteroatoms. The summed E-state index contributed by atoms with van der Waals surface area (Å²) in [6.45, 7) is 4.45. The Labute approximate surface area is 232 Å². The molecule has 12 nitrogen and oxygen atoms in total. The lowest BCUT2D eigenvalue weighted by Crippen LogP contribution is -2.57. The summed E-state index contributed by atoms with van der Waals surface area (Å²) >= 11 is 0. The fraction of sp³-hybridized carbons (Fsp3) is 0.393. The number of nitrogens with one attached hydrogen (secondary N) is 4.